The van der Waals surface area contributed by atoms with Crippen molar-refractivity contribution in [1.29, 1.82) is 0 Å². The number of nitrogens with zero attached hydrogens (tertiary/aromatic N) is 2. The number of carbonyl (C=O) groups excluding carboxylic acids is 1. The SMILES string of the molecule is CN(C)c1cc(-c2ccccc2)nc2ccc(CC(N)=O)cc12. The van der Waals surface area contributed by atoms with Crippen LogP contribution in [0.1, 0.15) is 5.56 Å². The predicted molar refractivity (Wildman–Crippen MR) is 94.4 cm³/mol. The van der Waals surface area contributed by atoms with Crippen molar-refractivity contribution in [3.63, 3.8) is 0 Å². The maximum absolute atomic E-state index is 11.2. The third-order valence-corrected chi connectivity index (χ3v) is 3.78. The molecule has 0 radical (unpaired) electrons. The minimum atomic E-state index is -0.329. The van der Waals surface area contributed by atoms with Crippen molar-refractivity contribution in [2.24, 2.45) is 5.73 Å². The fourth-order valence-electron chi connectivity index (χ4n) is 2.69. The number of benzene rings is 2. The van der Waals surface area contributed by atoms with E-state index in [1.165, 1.54) is 0 Å². The minimum Gasteiger partial charge on any atom is -0.377 e. The van der Waals surface area contributed by atoms with Gasteiger partial charge < -0.3 is 10.6 Å². The van der Waals surface area contributed by atoms with Crippen LogP contribution in [0.2, 0.25) is 0 Å². The zero-order valence-corrected chi connectivity index (χ0v) is 13.3. The van der Waals surface area contributed by atoms with Gasteiger partial charge in [-0.15, -0.1) is 0 Å². The van der Waals surface area contributed by atoms with Gasteiger partial charge in [-0.1, -0.05) is 36.4 Å². The highest BCUT2D eigenvalue weighted by molar-refractivity contribution is 5.95. The zero-order valence-electron chi connectivity index (χ0n) is 13.3. The van der Waals surface area contributed by atoms with E-state index in [-0.39, 0.29) is 12.3 Å². The summed E-state index contributed by atoms with van der Waals surface area (Å²) in [5, 5.41) is 1.02. The van der Waals surface area contributed by atoms with Crippen LogP contribution in [0.5, 0.6) is 0 Å². The maximum atomic E-state index is 11.2. The van der Waals surface area contributed by atoms with Gasteiger partial charge in [0, 0.05) is 30.7 Å². The molecule has 23 heavy (non-hydrogen) atoms. The Kier molecular flexibility index (Phi) is 3.98. The van der Waals surface area contributed by atoms with Gasteiger partial charge in [-0.25, -0.2) is 4.98 Å². The molecule has 2 N–H and O–H groups in total. The number of hydrogen-bond donors (Lipinski definition) is 1. The van der Waals surface area contributed by atoms with E-state index in [2.05, 4.69) is 23.1 Å². The Morgan fingerprint density at radius 1 is 1.09 bits per heavy atom. The quantitative estimate of drug-likeness (QED) is 0.806. The number of carbonyl (C=O) groups is 1. The lowest BCUT2D eigenvalue weighted by Gasteiger charge is -2.17. The number of rotatable bonds is 4. The Hall–Kier alpha value is -2.88. The molecule has 0 aliphatic rings. The molecule has 4 nitrogen and oxygen atoms in total. The maximum Gasteiger partial charge on any atom is 0.221 e. The molecule has 3 aromatic rings. The van der Waals surface area contributed by atoms with E-state index in [0.717, 1.165) is 33.4 Å². The van der Waals surface area contributed by atoms with Gasteiger partial charge in [0.05, 0.1) is 17.6 Å². The predicted octanol–water partition coefficient (Wildman–Crippen LogP) is 3.00. The standard InChI is InChI=1S/C19H19N3O/c1-22(2)18-12-17(14-6-4-3-5-7-14)21-16-9-8-13(10-15(16)18)11-19(20)23/h3-10,12H,11H2,1-2H3,(H2,20,23). The molecule has 0 saturated carbocycles. The van der Waals surface area contributed by atoms with Crippen LogP contribution in [0.4, 0.5) is 5.69 Å². The second-order valence-corrected chi connectivity index (χ2v) is 5.78. The van der Waals surface area contributed by atoms with Crippen LogP contribution in [-0.2, 0) is 11.2 Å². The number of primary amides is 1. The van der Waals surface area contributed by atoms with Crippen LogP contribution in [0.3, 0.4) is 0 Å². The Bertz CT molecular complexity index is 857. The molecule has 0 aliphatic carbocycles. The Morgan fingerprint density at radius 3 is 2.48 bits per heavy atom. The number of anilines is 1. The topological polar surface area (TPSA) is 59.2 Å². The molecule has 4 heteroatoms. The third kappa shape index (κ3) is 3.16. The van der Waals surface area contributed by atoms with Gasteiger partial charge >= 0.3 is 0 Å². The number of fused-ring (bicyclic) bond motifs is 1. The summed E-state index contributed by atoms with van der Waals surface area (Å²) < 4.78 is 0. The fourth-order valence-corrected chi connectivity index (χ4v) is 2.69. The van der Waals surface area contributed by atoms with E-state index >= 15 is 0 Å². The average molecular weight is 305 g/mol. The molecule has 0 unspecified atom stereocenters. The summed E-state index contributed by atoms with van der Waals surface area (Å²) in [5.74, 6) is -0.329. The largest absolute Gasteiger partial charge is 0.377 e. The Morgan fingerprint density at radius 2 is 1.83 bits per heavy atom. The van der Waals surface area contributed by atoms with Gasteiger partial charge in [0.15, 0.2) is 0 Å². The van der Waals surface area contributed by atoms with E-state index in [0.29, 0.717) is 0 Å². The summed E-state index contributed by atoms with van der Waals surface area (Å²) >= 11 is 0. The first-order valence-corrected chi connectivity index (χ1v) is 7.49. The van der Waals surface area contributed by atoms with Crippen molar-refractivity contribution in [2.45, 2.75) is 6.42 Å². The molecule has 2 aromatic carbocycles. The Balaban J connectivity index is 2.19. The summed E-state index contributed by atoms with van der Waals surface area (Å²) in [5.41, 5.74) is 10.2. The lowest BCUT2D eigenvalue weighted by Crippen LogP contribution is -2.14. The van der Waals surface area contributed by atoms with Gasteiger partial charge in [0.25, 0.3) is 0 Å². The van der Waals surface area contributed by atoms with E-state index in [9.17, 15) is 4.79 Å². The molecule has 0 bridgehead atoms. The summed E-state index contributed by atoms with van der Waals surface area (Å²) in [6.45, 7) is 0. The second kappa shape index (κ2) is 6.08. The first kappa shape index (κ1) is 15.0. The number of amides is 1. The lowest BCUT2D eigenvalue weighted by molar-refractivity contribution is -0.117. The lowest BCUT2D eigenvalue weighted by atomic mass is 10.0. The van der Waals surface area contributed by atoms with E-state index < -0.39 is 0 Å². The van der Waals surface area contributed by atoms with Crippen molar-refractivity contribution in [2.75, 3.05) is 19.0 Å². The molecule has 0 fully saturated rings. The molecule has 1 amide bonds. The molecule has 1 heterocycles. The highest BCUT2D eigenvalue weighted by atomic mass is 16.1. The molecular formula is C19H19N3O. The third-order valence-electron chi connectivity index (χ3n) is 3.78. The van der Waals surface area contributed by atoms with E-state index in [1.807, 2.05) is 50.5 Å². The van der Waals surface area contributed by atoms with Crippen molar-refractivity contribution >= 4 is 22.5 Å². The highest BCUT2D eigenvalue weighted by Crippen LogP contribution is 2.30. The van der Waals surface area contributed by atoms with Gasteiger partial charge in [0.2, 0.25) is 5.91 Å². The Labute approximate surface area is 135 Å². The van der Waals surface area contributed by atoms with Crippen LogP contribution in [0.25, 0.3) is 22.2 Å². The number of nitrogens with two attached hydrogens (primary N) is 1. The monoisotopic (exact) mass is 305 g/mol. The summed E-state index contributed by atoms with van der Waals surface area (Å²) in [6, 6.07) is 18.0. The molecule has 0 saturated heterocycles. The molecule has 0 aliphatic heterocycles. The van der Waals surface area contributed by atoms with Crippen LogP contribution in [-0.4, -0.2) is 25.0 Å². The van der Waals surface area contributed by atoms with Crippen LogP contribution in [0.15, 0.2) is 54.6 Å². The second-order valence-electron chi connectivity index (χ2n) is 5.78. The molecule has 0 spiro atoms. The van der Waals surface area contributed by atoms with Gasteiger partial charge in [0.1, 0.15) is 0 Å². The van der Waals surface area contributed by atoms with E-state index in [1.54, 1.807) is 0 Å². The molecular weight excluding hydrogens is 286 g/mol. The van der Waals surface area contributed by atoms with Crippen LogP contribution in [0, 0.1) is 0 Å². The summed E-state index contributed by atoms with van der Waals surface area (Å²) in [4.78, 5) is 18.0. The first-order valence-electron chi connectivity index (χ1n) is 7.49. The van der Waals surface area contributed by atoms with Crippen LogP contribution < -0.4 is 10.6 Å². The van der Waals surface area contributed by atoms with Crippen molar-refractivity contribution in [3.05, 3.63) is 60.2 Å². The molecule has 0 atom stereocenters. The number of pyridine rings is 1. The average Bonchev–Trinajstić information content (AvgIpc) is 2.54. The van der Waals surface area contributed by atoms with E-state index in [4.69, 9.17) is 10.7 Å². The number of hydrogen-bond acceptors (Lipinski definition) is 3. The molecule has 3 rings (SSSR count). The van der Waals surface area contributed by atoms with Gasteiger partial charge in [-0.05, 0) is 23.8 Å². The van der Waals surface area contributed by atoms with Gasteiger partial charge in [-0.2, -0.15) is 0 Å². The normalized spacial score (nSPS) is 10.7. The van der Waals surface area contributed by atoms with Gasteiger partial charge in [-0.3, -0.25) is 4.79 Å². The molecule has 1 aromatic heterocycles. The molecule has 116 valence electrons. The highest BCUT2D eigenvalue weighted by Gasteiger charge is 2.10. The first-order chi connectivity index (χ1) is 11.0. The summed E-state index contributed by atoms with van der Waals surface area (Å²) in [6.07, 6.45) is 0.239. The van der Waals surface area contributed by atoms with Crippen LogP contribution >= 0.6 is 0 Å². The van der Waals surface area contributed by atoms with Crippen molar-refractivity contribution in [3.8, 4) is 11.3 Å². The van der Waals surface area contributed by atoms with Crippen molar-refractivity contribution < 1.29 is 4.79 Å². The minimum absolute atomic E-state index is 0.239. The summed E-state index contributed by atoms with van der Waals surface area (Å²) in [7, 11) is 4.01. The zero-order chi connectivity index (χ0) is 16.4. The smallest absolute Gasteiger partial charge is 0.221 e. The number of aromatic nitrogens is 1. The van der Waals surface area contributed by atoms with Crippen molar-refractivity contribution in [1.82, 2.24) is 4.98 Å². The fraction of sp³-hybridized carbons (Fsp3) is 0.158.